The van der Waals surface area contributed by atoms with E-state index >= 15 is 0 Å². The summed E-state index contributed by atoms with van der Waals surface area (Å²) in [5, 5.41) is 3.72. The fraction of sp³-hybridized carbons (Fsp3) is 0.435. The van der Waals surface area contributed by atoms with E-state index < -0.39 is 0 Å². The lowest BCUT2D eigenvalue weighted by Crippen LogP contribution is -2.44. The van der Waals surface area contributed by atoms with Gasteiger partial charge in [-0.05, 0) is 49.1 Å². The first-order valence-corrected chi connectivity index (χ1v) is 10.3. The van der Waals surface area contributed by atoms with Gasteiger partial charge in [0.25, 0.3) is 0 Å². The van der Waals surface area contributed by atoms with Crippen molar-refractivity contribution in [2.45, 2.75) is 52.0 Å². The van der Waals surface area contributed by atoms with Gasteiger partial charge in [0.05, 0.1) is 12.2 Å². The molecule has 0 radical (unpaired) electrons. The highest BCUT2D eigenvalue weighted by molar-refractivity contribution is 6.30. The van der Waals surface area contributed by atoms with Crippen LogP contribution in [-0.2, 0) is 29.0 Å². The van der Waals surface area contributed by atoms with Crippen LogP contribution in [0, 0.1) is 0 Å². The maximum Gasteiger partial charge on any atom is 0.220 e. The highest BCUT2D eigenvalue weighted by atomic mass is 35.5. The van der Waals surface area contributed by atoms with Crippen LogP contribution in [0.2, 0.25) is 5.02 Å². The Morgan fingerprint density at radius 1 is 1.00 bits per heavy atom. The van der Waals surface area contributed by atoms with E-state index in [1.54, 1.807) is 0 Å². The number of morpholine rings is 1. The minimum absolute atomic E-state index is 0.0651. The zero-order valence-electron chi connectivity index (χ0n) is 16.7. The summed E-state index contributed by atoms with van der Waals surface area (Å²) in [6, 6.07) is 16.1. The number of carbonyl (C=O) groups is 1. The Kier molecular flexibility index (Phi) is 7.49. The number of amides is 1. The highest BCUT2D eigenvalue weighted by Gasteiger charge is 2.21. The summed E-state index contributed by atoms with van der Waals surface area (Å²) < 4.78 is 5.79. The number of aryl methyl sites for hydroxylation is 1. The fourth-order valence-electron chi connectivity index (χ4n) is 3.63. The van der Waals surface area contributed by atoms with Gasteiger partial charge < -0.3 is 10.1 Å². The van der Waals surface area contributed by atoms with E-state index in [0.29, 0.717) is 18.0 Å². The van der Waals surface area contributed by atoms with Crippen LogP contribution >= 0.6 is 11.6 Å². The Labute approximate surface area is 172 Å². The van der Waals surface area contributed by atoms with Gasteiger partial charge in [-0.25, -0.2) is 0 Å². The second-order valence-electron chi connectivity index (χ2n) is 7.67. The molecule has 2 unspecified atom stereocenters. The van der Waals surface area contributed by atoms with Crippen molar-refractivity contribution in [1.82, 2.24) is 10.2 Å². The molecule has 0 aromatic heterocycles. The third-order valence-corrected chi connectivity index (χ3v) is 5.22. The van der Waals surface area contributed by atoms with Crippen LogP contribution < -0.4 is 5.32 Å². The number of rotatable bonds is 7. The molecule has 28 heavy (non-hydrogen) atoms. The number of nitrogens with one attached hydrogen (secondary N) is 1. The summed E-state index contributed by atoms with van der Waals surface area (Å²) in [5.74, 6) is 0.0651. The van der Waals surface area contributed by atoms with E-state index in [0.717, 1.165) is 37.2 Å². The molecule has 5 heteroatoms. The van der Waals surface area contributed by atoms with E-state index in [9.17, 15) is 4.79 Å². The van der Waals surface area contributed by atoms with Gasteiger partial charge in [-0.15, -0.1) is 0 Å². The fourth-order valence-corrected chi connectivity index (χ4v) is 3.76. The number of hydrogen-bond donors (Lipinski definition) is 1. The van der Waals surface area contributed by atoms with Gasteiger partial charge in [-0.1, -0.05) is 48.0 Å². The number of carbonyl (C=O) groups excluding carboxylic acids is 1. The zero-order valence-corrected chi connectivity index (χ0v) is 17.4. The minimum atomic E-state index is 0.0651. The van der Waals surface area contributed by atoms with Crippen molar-refractivity contribution in [3.05, 3.63) is 70.2 Å². The summed E-state index contributed by atoms with van der Waals surface area (Å²) in [7, 11) is 0. The number of ether oxygens (including phenoxy) is 1. The molecule has 0 spiro atoms. The smallest absolute Gasteiger partial charge is 0.220 e. The predicted molar refractivity (Wildman–Crippen MR) is 113 cm³/mol. The molecular formula is C23H29ClN2O2. The summed E-state index contributed by atoms with van der Waals surface area (Å²) in [5.41, 5.74) is 3.53. The van der Waals surface area contributed by atoms with Crippen molar-refractivity contribution >= 4 is 17.5 Å². The van der Waals surface area contributed by atoms with Crippen LogP contribution in [0.4, 0.5) is 0 Å². The minimum Gasteiger partial charge on any atom is -0.373 e. The third-order valence-electron chi connectivity index (χ3n) is 4.97. The van der Waals surface area contributed by atoms with Crippen LogP contribution in [0.5, 0.6) is 0 Å². The van der Waals surface area contributed by atoms with Crippen molar-refractivity contribution in [3.63, 3.8) is 0 Å². The van der Waals surface area contributed by atoms with Crippen molar-refractivity contribution in [2.75, 3.05) is 13.1 Å². The molecule has 3 rings (SSSR count). The second kappa shape index (κ2) is 10.1. The first-order chi connectivity index (χ1) is 13.5. The molecule has 0 bridgehead atoms. The van der Waals surface area contributed by atoms with E-state index in [1.807, 2.05) is 24.3 Å². The Balaban J connectivity index is 1.41. The van der Waals surface area contributed by atoms with Crippen LogP contribution in [0.1, 0.15) is 37.0 Å². The Bertz CT molecular complexity index is 751. The molecule has 1 aliphatic heterocycles. The Morgan fingerprint density at radius 3 is 2.21 bits per heavy atom. The molecule has 1 fully saturated rings. The number of halogens is 1. The number of hydrogen-bond acceptors (Lipinski definition) is 3. The van der Waals surface area contributed by atoms with Crippen molar-refractivity contribution in [2.24, 2.45) is 0 Å². The molecule has 2 atom stereocenters. The molecule has 1 amide bonds. The molecule has 2 aromatic carbocycles. The molecule has 1 aliphatic rings. The van der Waals surface area contributed by atoms with Gasteiger partial charge in [0.1, 0.15) is 0 Å². The number of benzene rings is 2. The first kappa shape index (κ1) is 20.8. The lowest BCUT2D eigenvalue weighted by Gasteiger charge is -2.35. The molecule has 4 nitrogen and oxygen atoms in total. The maximum atomic E-state index is 12.1. The summed E-state index contributed by atoms with van der Waals surface area (Å²) >= 11 is 5.88. The van der Waals surface area contributed by atoms with Crippen LogP contribution in [0.25, 0.3) is 0 Å². The molecule has 0 saturated carbocycles. The molecule has 1 saturated heterocycles. The Morgan fingerprint density at radius 2 is 1.57 bits per heavy atom. The first-order valence-electron chi connectivity index (χ1n) is 9.94. The van der Waals surface area contributed by atoms with E-state index in [2.05, 4.69) is 48.3 Å². The molecule has 2 aromatic rings. The highest BCUT2D eigenvalue weighted by Crippen LogP contribution is 2.15. The van der Waals surface area contributed by atoms with Gasteiger partial charge in [-0.2, -0.15) is 0 Å². The zero-order chi connectivity index (χ0) is 19.9. The van der Waals surface area contributed by atoms with Gasteiger partial charge in [0.2, 0.25) is 5.91 Å². The lowest BCUT2D eigenvalue weighted by atomic mass is 10.1. The molecule has 150 valence electrons. The molecule has 1 N–H and O–H groups in total. The van der Waals surface area contributed by atoms with Crippen LogP contribution in [0.15, 0.2) is 48.5 Å². The summed E-state index contributed by atoms with van der Waals surface area (Å²) in [6.07, 6.45) is 1.77. The SMILES string of the molecule is CC1CN(Cc2ccc(CNC(=O)CCc3ccc(Cl)cc3)cc2)CC(C)O1. The Hall–Kier alpha value is -1.88. The van der Waals surface area contributed by atoms with Crippen molar-refractivity contribution in [3.8, 4) is 0 Å². The number of nitrogens with zero attached hydrogens (tertiary/aromatic N) is 1. The molecule has 1 heterocycles. The van der Waals surface area contributed by atoms with E-state index in [-0.39, 0.29) is 18.1 Å². The normalized spacial score (nSPS) is 20.1. The summed E-state index contributed by atoms with van der Waals surface area (Å²) in [6.45, 7) is 7.69. The van der Waals surface area contributed by atoms with Crippen LogP contribution in [-0.4, -0.2) is 36.1 Å². The summed E-state index contributed by atoms with van der Waals surface area (Å²) in [4.78, 5) is 14.5. The maximum absolute atomic E-state index is 12.1. The van der Waals surface area contributed by atoms with E-state index in [4.69, 9.17) is 16.3 Å². The second-order valence-corrected chi connectivity index (χ2v) is 8.11. The van der Waals surface area contributed by atoms with Crippen molar-refractivity contribution in [1.29, 1.82) is 0 Å². The quantitative estimate of drug-likeness (QED) is 0.757. The monoisotopic (exact) mass is 400 g/mol. The largest absolute Gasteiger partial charge is 0.373 e. The third kappa shape index (κ3) is 6.62. The topological polar surface area (TPSA) is 41.6 Å². The predicted octanol–water partition coefficient (Wildman–Crippen LogP) is 4.20. The van der Waals surface area contributed by atoms with Gasteiger partial charge >= 0.3 is 0 Å². The van der Waals surface area contributed by atoms with Crippen molar-refractivity contribution < 1.29 is 9.53 Å². The molecular weight excluding hydrogens is 372 g/mol. The van der Waals surface area contributed by atoms with Crippen LogP contribution in [0.3, 0.4) is 0 Å². The molecule has 0 aliphatic carbocycles. The average molecular weight is 401 g/mol. The van der Waals surface area contributed by atoms with E-state index in [1.165, 1.54) is 5.56 Å². The van der Waals surface area contributed by atoms with Gasteiger partial charge in [0.15, 0.2) is 0 Å². The lowest BCUT2D eigenvalue weighted by molar-refractivity contribution is -0.121. The standard InChI is InChI=1S/C23H29ClN2O2/c1-17-14-26(15-18(2)28-17)16-21-5-3-20(4-6-21)13-25-23(27)12-9-19-7-10-22(24)11-8-19/h3-8,10-11,17-18H,9,12-16H2,1-2H3,(H,25,27). The van der Waals surface area contributed by atoms with Gasteiger partial charge in [0, 0.05) is 37.6 Å². The average Bonchev–Trinajstić information content (AvgIpc) is 2.66. The van der Waals surface area contributed by atoms with Gasteiger partial charge in [-0.3, -0.25) is 9.69 Å².